The number of fused-ring (bicyclic) bond motifs is 1. The smallest absolute Gasteiger partial charge is 0.419 e. The highest BCUT2D eigenvalue weighted by atomic mass is 35.5. The molecule has 1 aliphatic rings. The van der Waals surface area contributed by atoms with Gasteiger partial charge in [0.2, 0.25) is 0 Å². The Morgan fingerprint density at radius 3 is 2.96 bits per heavy atom. The van der Waals surface area contributed by atoms with E-state index in [-0.39, 0.29) is 18.2 Å². The molecule has 2 atom stereocenters. The van der Waals surface area contributed by atoms with Crippen molar-refractivity contribution in [2.75, 3.05) is 5.75 Å². The molecule has 0 spiro atoms. The Labute approximate surface area is 169 Å². The fourth-order valence-corrected chi connectivity index (χ4v) is 4.64. The molecule has 1 N–H and O–H groups in total. The molecular weight excluding hydrogens is 404 g/mol. The summed E-state index contributed by atoms with van der Waals surface area (Å²) in [5.41, 5.74) is 1.19. The number of carboxylic acids is 1. The Hall–Kier alpha value is -2.45. The third kappa shape index (κ3) is 3.38. The molecule has 0 radical (unpaired) electrons. The molecule has 7 nitrogen and oxygen atoms in total. The number of oxazole rings is 1. The minimum absolute atomic E-state index is 0.00774. The van der Waals surface area contributed by atoms with Crippen molar-refractivity contribution in [3.05, 3.63) is 57.8 Å². The van der Waals surface area contributed by atoms with Crippen LogP contribution in [0.15, 0.2) is 45.7 Å². The minimum atomic E-state index is -0.997. The first-order valence-corrected chi connectivity index (χ1v) is 10.1. The molecule has 0 aliphatic carbocycles. The maximum Gasteiger partial charge on any atom is 0.419 e. The highest BCUT2D eigenvalue weighted by Crippen LogP contribution is 2.52. The van der Waals surface area contributed by atoms with Gasteiger partial charge >= 0.3 is 11.7 Å². The summed E-state index contributed by atoms with van der Waals surface area (Å²) >= 11 is 8.15. The van der Waals surface area contributed by atoms with Crippen LogP contribution in [0.4, 0.5) is 0 Å². The van der Waals surface area contributed by atoms with Crippen LogP contribution in [-0.4, -0.2) is 32.0 Å². The number of thioether (sulfide) groups is 1. The highest BCUT2D eigenvalue weighted by molar-refractivity contribution is 8.01. The van der Waals surface area contributed by atoms with Crippen molar-refractivity contribution in [1.82, 2.24) is 9.55 Å². The second-order valence-electron chi connectivity index (χ2n) is 6.77. The van der Waals surface area contributed by atoms with Gasteiger partial charge in [0, 0.05) is 24.6 Å². The van der Waals surface area contributed by atoms with Crippen LogP contribution in [0.2, 0.25) is 5.02 Å². The number of aryl methyl sites for hydroxylation is 1. The largest absolute Gasteiger partial charge is 0.483 e. The predicted octanol–water partition coefficient (Wildman–Crippen LogP) is 3.74. The van der Waals surface area contributed by atoms with Crippen molar-refractivity contribution in [3.63, 3.8) is 0 Å². The molecule has 0 amide bonds. The van der Waals surface area contributed by atoms with E-state index in [1.807, 2.05) is 25.1 Å². The Balaban J connectivity index is 1.64. The van der Waals surface area contributed by atoms with Gasteiger partial charge in [-0.2, -0.15) is 0 Å². The number of nitrogens with zero attached hydrogens (tertiary/aromatic N) is 2. The van der Waals surface area contributed by atoms with Gasteiger partial charge in [-0.3, -0.25) is 14.3 Å². The maximum absolute atomic E-state index is 12.1. The van der Waals surface area contributed by atoms with Crippen LogP contribution in [0, 0.1) is 0 Å². The van der Waals surface area contributed by atoms with Crippen LogP contribution < -0.4 is 10.5 Å². The number of ether oxygens (including phenoxy) is 1. The number of aromatic nitrogens is 2. The van der Waals surface area contributed by atoms with E-state index >= 15 is 0 Å². The van der Waals surface area contributed by atoms with Crippen LogP contribution >= 0.6 is 23.4 Å². The Bertz CT molecular complexity index is 1100. The molecule has 3 aromatic rings. The molecule has 146 valence electrons. The first kappa shape index (κ1) is 18.9. The van der Waals surface area contributed by atoms with Crippen LogP contribution in [0.25, 0.3) is 11.1 Å². The van der Waals surface area contributed by atoms with E-state index in [1.165, 1.54) is 4.57 Å². The number of pyridine rings is 1. The first-order chi connectivity index (χ1) is 13.4. The van der Waals surface area contributed by atoms with E-state index in [9.17, 15) is 9.59 Å². The lowest BCUT2D eigenvalue weighted by molar-refractivity contribution is -0.137. The molecule has 3 heterocycles. The van der Waals surface area contributed by atoms with Crippen molar-refractivity contribution < 1.29 is 19.1 Å². The van der Waals surface area contributed by atoms with Gasteiger partial charge in [0.1, 0.15) is 11.4 Å². The lowest BCUT2D eigenvalue weighted by Gasteiger charge is -2.45. The monoisotopic (exact) mass is 420 g/mol. The molecule has 1 aromatic carbocycles. The van der Waals surface area contributed by atoms with Crippen molar-refractivity contribution in [1.29, 1.82) is 0 Å². The maximum atomic E-state index is 12.1. The van der Waals surface area contributed by atoms with Gasteiger partial charge in [-0.1, -0.05) is 17.7 Å². The van der Waals surface area contributed by atoms with Gasteiger partial charge in [0.25, 0.3) is 0 Å². The number of hydrogen-bond acceptors (Lipinski definition) is 6. The van der Waals surface area contributed by atoms with Crippen LogP contribution in [0.1, 0.15) is 24.3 Å². The zero-order chi connectivity index (χ0) is 19.9. The molecule has 1 unspecified atom stereocenters. The Kier molecular flexibility index (Phi) is 4.84. The fourth-order valence-electron chi connectivity index (χ4n) is 3.23. The second kappa shape index (κ2) is 7.18. The van der Waals surface area contributed by atoms with Crippen molar-refractivity contribution in [3.8, 4) is 5.75 Å². The summed E-state index contributed by atoms with van der Waals surface area (Å²) in [5.74, 6) is -0.437. The van der Waals surface area contributed by atoms with Crippen molar-refractivity contribution >= 4 is 40.4 Å². The average Bonchev–Trinajstić information content (AvgIpc) is 2.94. The predicted molar refractivity (Wildman–Crippen MR) is 106 cm³/mol. The van der Waals surface area contributed by atoms with Gasteiger partial charge in [-0.25, -0.2) is 4.79 Å². The third-order valence-corrected chi connectivity index (χ3v) is 6.77. The lowest BCUT2D eigenvalue weighted by atomic mass is 9.99. The number of aliphatic carboxylic acids is 1. The van der Waals surface area contributed by atoms with Gasteiger partial charge in [0.15, 0.2) is 5.58 Å². The number of benzene rings is 1. The zero-order valence-electron chi connectivity index (χ0n) is 14.9. The van der Waals surface area contributed by atoms with Gasteiger partial charge in [-0.05, 0) is 25.1 Å². The van der Waals surface area contributed by atoms with Gasteiger partial charge < -0.3 is 14.3 Å². The lowest BCUT2D eigenvalue weighted by Crippen LogP contribution is -2.48. The average molecular weight is 421 g/mol. The molecular formula is C19H17ClN2O5S. The molecule has 0 bridgehead atoms. The molecule has 1 aliphatic heterocycles. The number of halogens is 1. The van der Waals surface area contributed by atoms with E-state index in [0.717, 1.165) is 11.4 Å². The fraction of sp³-hybridized carbons (Fsp3) is 0.316. The molecule has 4 rings (SSSR count). The highest BCUT2D eigenvalue weighted by Gasteiger charge is 2.48. The number of carbonyl (C=O) groups is 1. The molecule has 28 heavy (non-hydrogen) atoms. The molecule has 0 saturated carbocycles. The van der Waals surface area contributed by atoms with Crippen molar-refractivity contribution in [2.45, 2.75) is 30.7 Å². The van der Waals surface area contributed by atoms with Crippen molar-refractivity contribution in [2.24, 2.45) is 0 Å². The molecule has 9 heteroatoms. The molecule has 2 aromatic heterocycles. The topological polar surface area (TPSA) is 94.6 Å². The molecule has 1 fully saturated rings. The summed E-state index contributed by atoms with van der Waals surface area (Å²) in [7, 11) is 0. The van der Waals surface area contributed by atoms with E-state index in [0.29, 0.717) is 21.9 Å². The third-order valence-electron chi connectivity index (χ3n) is 4.66. The Morgan fingerprint density at radius 1 is 1.50 bits per heavy atom. The summed E-state index contributed by atoms with van der Waals surface area (Å²) in [6.45, 7) is 2.01. The normalized spacial score (nSPS) is 21.4. The summed E-state index contributed by atoms with van der Waals surface area (Å²) in [5, 5.41) is 9.25. The van der Waals surface area contributed by atoms with Gasteiger partial charge in [-0.15, -0.1) is 11.8 Å². The Morgan fingerprint density at radius 2 is 2.32 bits per heavy atom. The first-order valence-electron chi connectivity index (χ1n) is 8.63. The summed E-state index contributed by atoms with van der Waals surface area (Å²) < 4.78 is 12.8. The van der Waals surface area contributed by atoms with E-state index in [4.69, 9.17) is 25.9 Å². The minimum Gasteiger partial charge on any atom is -0.483 e. The second-order valence-corrected chi connectivity index (χ2v) is 8.27. The van der Waals surface area contributed by atoms with E-state index < -0.39 is 17.3 Å². The summed E-state index contributed by atoms with van der Waals surface area (Å²) in [4.78, 5) is 27.3. The SMILES string of the molecule is C[C@@]1(Oc2cc3oc(=O)n(CCC(=O)O)c3cc2Cl)CSC1c1ccccn1. The summed E-state index contributed by atoms with van der Waals surface area (Å²) in [6.07, 6.45) is 1.56. The quantitative estimate of drug-likeness (QED) is 0.648. The zero-order valence-corrected chi connectivity index (χ0v) is 16.5. The number of hydrogen-bond donors (Lipinski definition) is 1. The van der Waals surface area contributed by atoms with Gasteiger partial charge in [0.05, 0.1) is 27.9 Å². The van der Waals surface area contributed by atoms with E-state index in [2.05, 4.69) is 4.98 Å². The van der Waals surface area contributed by atoms with Crippen LogP contribution in [-0.2, 0) is 11.3 Å². The summed E-state index contributed by atoms with van der Waals surface area (Å²) in [6, 6.07) is 8.93. The standard InChI is InChI=1S/C19H17ClN2O5S/c1-19(10-28-17(19)12-4-2-3-6-21-12)27-14-9-15-13(8-11(14)20)22(18(25)26-15)7-5-16(23)24/h2-4,6,8-9,17H,5,7,10H2,1H3,(H,23,24)/t17?,19-/m1/s1. The molecule has 1 saturated heterocycles. The van der Waals surface area contributed by atoms with Crippen LogP contribution in [0.3, 0.4) is 0 Å². The number of carboxylic acid groups (broad SMARTS) is 1. The number of rotatable bonds is 6. The van der Waals surface area contributed by atoms with E-state index in [1.54, 1.807) is 30.1 Å². The van der Waals surface area contributed by atoms with Crippen LogP contribution in [0.5, 0.6) is 5.75 Å².